The van der Waals surface area contributed by atoms with Gasteiger partial charge in [-0.1, -0.05) is 176 Å². The first-order valence-electron chi connectivity index (χ1n) is 18.1. The number of para-hydroxylation sites is 1. The molecule has 0 N–H and O–H groups in total. The molecule has 0 aliphatic heterocycles. The second-order valence-electron chi connectivity index (χ2n) is 13.5. The third-order valence-corrected chi connectivity index (χ3v) is 10.1. The number of benzene rings is 8. The molecule has 0 spiro atoms. The van der Waals surface area contributed by atoms with Gasteiger partial charge in [0.15, 0.2) is 11.6 Å². The molecular weight excluding hydrogens is 657 g/mol. The van der Waals surface area contributed by atoms with Gasteiger partial charge in [0.05, 0.1) is 22.6 Å². The van der Waals surface area contributed by atoms with E-state index in [1.165, 1.54) is 21.7 Å². The summed E-state index contributed by atoms with van der Waals surface area (Å²) in [7, 11) is 0. The molecule has 0 amide bonds. The van der Waals surface area contributed by atoms with Crippen LogP contribution in [0, 0.1) is 0 Å². The Hall–Kier alpha value is -7.30. The van der Waals surface area contributed by atoms with Crippen LogP contribution in [0.1, 0.15) is 0 Å². The third-order valence-electron chi connectivity index (χ3n) is 10.1. The van der Waals surface area contributed by atoms with Crippen LogP contribution in [0.2, 0.25) is 0 Å². The molecule has 0 radical (unpaired) electrons. The van der Waals surface area contributed by atoms with Crippen molar-refractivity contribution in [2.75, 3.05) is 0 Å². The van der Waals surface area contributed by atoms with Gasteiger partial charge in [-0.05, 0) is 50.9 Å². The van der Waals surface area contributed by atoms with Crippen LogP contribution in [0.4, 0.5) is 0 Å². The van der Waals surface area contributed by atoms with E-state index in [4.69, 9.17) is 19.9 Å². The van der Waals surface area contributed by atoms with Gasteiger partial charge >= 0.3 is 0 Å². The summed E-state index contributed by atoms with van der Waals surface area (Å²) in [6, 6.07) is 67.4. The molecule has 0 bridgehead atoms. The monoisotopic (exact) mass is 688 g/mol. The van der Waals surface area contributed by atoms with Crippen molar-refractivity contribution >= 4 is 32.4 Å². The van der Waals surface area contributed by atoms with Crippen LogP contribution in [0.15, 0.2) is 194 Å². The van der Waals surface area contributed by atoms with Crippen molar-refractivity contribution < 1.29 is 0 Å². The first kappa shape index (κ1) is 31.4. The standard InChI is InChI=1S/C50H32N4/c1-3-13-33(14-4-1)34-23-27-37(28-24-34)49-52-46(32-47(53-49)44-31-39-17-7-8-18-40(39)41-19-9-10-20-42(41)44)35-25-29-38(30-26-35)50-51-45-22-12-11-21-43(45)48(54-50)36-15-5-2-6-16-36/h1-32H. The highest BCUT2D eigenvalue weighted by Gasteiger charge is 2.16. The van der Waals surface area contributed by atoms with Gasteiger partial charge in [-0.15, -0.1) is 0 Å². The second kappa shape index (κ2) is 13.4. The van der Waals surface area contributed by atoms with Gasteiger partial charge in [0.25, 0.3) is 0 Å². The van der Waals surface area contributed by atoms with Crippen molar-refractivity contribution in [3.63, 3.8) is 0 Å². The molecule has 10 aromatic rings. The highest BCUT2D eigenvalue weighted by molar-refractivity contribution is 6.13. The topological polar surface area (TPSA) is 51.6 Å². The molecule has 0 aliphatic rings. The Labute approximate surface area is 313 Å². The minimum atomic E-state index is 0.675. The molecule has 0 aliphatic carbocycles. The lowest BCUT2D eigenvalue weighted by Crippen LogP contribution is -1.97. The number of hydrogen-bond donors (Lipinski definition) is 0. The van der Waals surface area contributed by atoms with E-state index in [9.17, 15) is 0 Å². The van der Waals surface area contributed by atoms with Crippen LogP contribution in [0.5, 0.6) is 0 Å². The Bertz CT molecular complexity index is 2960. The first-order chi connectivity index (χ1) is 26.7. The van der Waals surface area contributed by atoms with Crippen LogP contribution in [0.25, 0.3) is 100 Å². The molecule has 4 heteroatoms. The van der Waals surface area contributed by atoms with Crippen LogP contribution in [-0.4, -0.2) is 19.9 Å². The molecule has 2 heterocycles. The van der Waals surface area contributed by atoms with Crippen molar-refractivity contribution in [1.82, 2.24) is 19.9 Å². The number of rotatable bonds is 6. The fourth-order valence-corrected chi connectivity index (χ4v) is 7.38. The summed E-state index contributed by atoms with van der Waals surface area (Å²) in [5, 5.41) is 5.79. The highest BCUT2D eigenvalue weighted by atomic mass is 14.9. The first-order valence-corrected chi connectivity index (χ1v) is 18.1. The average molecular weight is 689 g/mol. The molecule has 252 valence electrons. The summed E-state index contributed by atoms with van der Waals surface area (Å²) >= 11 is 0. The van der Waals surface area contributed by atoms with Crippen LogP contribution >= 0.6 is 0 Å². The molecule has 0 saturated heterocycles. The van der Waals surface area contributed by atoms with Crippen LogP contribution in [-0.2, 0) is 0 Å². The van der Waals surface area contributed by atoms with Gasteiger partial charge in [0.1, 0.15) is 0 Å². The highest BCUT2D eigenvalue weighted by Crippen LogP contribution is 2.37. The molecule has 0 saturated carbocycles. The van der Waals surface area contributed by atoms with Crippen molar-refractivity contribution in [2.45, 2.75) is 0 Å². The average Bonchev–Trinajstić information content (AvgIpc) is 3.26. The van der Waals surface area contributed by atoms with E-state index in [1.54, 1.807) is 0 Å². The fourth-order valence-electron chi connectivity index (χ4n) is 7.38. The van der Waals surface area contributed by atoms with Crippen molar-refractivity contribution in [3.05, 3.63) is 194 Å². The zero-order valence-electron chi connectivity index (χ0n) is 29.3. The summed E-state index contributed by atoms with van der Waals surface area (Å²) < 4.78 is 0. The van der Waals surface area contributed by atoms with Crippen molar-refractivity contribution in [2.24, 2.45) is 0 Å². The van der Waals surface area contributed by atoms with E-state index < -0.39 is 0 Å². The molecule has 8 aromatic carbocycles. The SMILES string of the molecule is c1ccc(-c2ccc(-c3nc(-c4ccc(-c5nc(-c6ccccc6)c6ccccc6n5)cc4)cc(-c4cc5ccccc5c5ccccc45)n3)cc2)cc1. The van der Waals surface area contributed by atoms with Crippen LogP contribution < -0.4 is 0 Å². The minimum absolute atomic E-state index is 0.675. The third kappa shape index (κ3) is 5.76. The van der Waals surface area contributed by atoms with E-state index in [2.05, 4.69) is 152 Å². The summed E-state index contributed by atoms with van der Waals surface area (Å²) in [4.78, 5) is 20.5. The Kier molecular flexibility index (Phi) is 7.77. The predicted octanol–water partition coefficient (Wildman–Crippen LogP) is 12.7. The number of hydrogen-bond acceptors (Lipinski definition) is 4. The number of aromatic nitrogens is 4. The second-order valence-corrected chi connectivity index (χ2v) is 13.5. The molecule has 0 unspecified atom stereocenters. The van der Waals surface area contributed by atoms with Crippen LogP contribution in [0.3, 0.4) is 0 Å². The van der Waals surface area contributed by atoms with E-state index in [1.807, 2.05) is 42.5 Å². The lowest BCUT2D eigenvalue weighted by molar-refractivity contribution is 1.18. The maximum absolute atomic E-state index is 5.26. The van der Waals surface area contributed by atoms with Crippen molar-refractivity contribution in [3.8, 4) is 67.7 Å². The lowest BCUT2D eigenvalue weighted by atomic mass is 9.95. The zero-order chi connectivity index (χ0) is 35.8. The molecule has 54 heavy (non-hydrogen) atoms. The van der Waals surface area contributed by atoms with Crippen molar-refractivity contribution in [1.29, 1.82) is 0 Å². The van der Waals surface area contributed by atoms with Gasteiger partial charge in [0.2, 0.25) is 0 Å². The molecule has 4 nitrogen and oxygen atoms in total. The number of nitrogens with zero attached hydrogens (tertiary/aromatic N) is 4. The smallest absolute Gasteiger partial charge is 0.160 e. The van der Waals surface area contributed by atoms with E-state index >= 15 is 0 Å². The molecule has 0 fully saturated rings. The molecule has 10 rings (SSSR count). The minimum Gasteiger partial charge on any atom is -0.228 e. The van der Waals surface area contributed by atoms with Gasteiger partial charge in [0, 0.05) is 33.2 Å². The normalized spacial score (nSPS) is 11.3. The maximum Gasteiger partial charge on any atom is 0.160 e. The van der Waals surface area contributed by atoms with E-state index in [0.29, 0.717) is 11.6 Å². The molecule has 0 atom stereocenters. The Balaban J connectivity index is 1.11. The van der Waals surface area contributed by atoms with E-state index in [0.717, 1.165) is 66.8 Å². The molecule has 2 aromatic heterocycles. The summed E-state index contributed by atoms with van der Waals surface area (Å²) in [5.74, 6) is 1.36. The summed E-state index contributed by atoms with van der Waals surface area (Å²) in [6.07, 6.45) is 0. The lowest BCUT2D eigenvalue weighted by Gasteiger charge is -2.14. The van der Waals surface area contributed by atoms with Gasteiger partial charge < -0.3 is 0 Å². The van der Waals surface area contributed by atoms with Gasteiger partial charge in [-0.2, -0.15) is 0 Å². The van der Waals surface area contributed by atoms with Gasteiger partial charge in [-0.25, -0.2) is 19.9 Å². The maximum atomic E-state index is 5.26. The Morgan fingerprint density at radius 3 is 1.50 bits per heavy atom. The fraction of sp³-hybridized carbons (Fsp3) is 0. The summed E-state index contributed by atoms with van der Waals surface area (Å²) in [6.45, 7) is 0. The Morgan fingerprint density at radius 1 is 0.278 bits per heavy atom. The zero-order valence-corrected chi connectivity index (χ0v) is 29.3. The predicted molar refractivity (Wildman–Crippen MR) is 223 cm³/mol. The largest absolute Gasteiger partial charge is 0.228 e. The quantitative estimate of drug-likeness (QED) is 0.163. The van der Waals surface area contributed by atoms with E-state index in [-0.39, 0.29) is 0 Å². The molecular formula is C50H32N4. The summed E-state index contributed by atoms with van der Waals surface area (Å²) in [5.41, 5.74) is 10.9. The Morgan fingerprint density at radius 2 is 0.778 bits per heavy atom. The number of fused-ring (bicyclic) bond motifs is 4. The van der Waals surface area contributed by atoms with Gasteiger partial charge in [-0.3, -0.25) is 0 Å².